The first-order valence-electron chi connectivity index (χ1n) is 14.1. The minimum Gasteiger partial charge on any atom is -0.481 e. The lowest BCUT2D eigenvalue weighted by Crippen LogP contribution is -2.58. The second-order valence-corrected chi connectivity index (χ2v) is 12.5. The number of hydrogen-bond donors (Lipinski definition) is 4. The van der Waals surface area contributed by atoms with Gasteiger partial charge < -0.3 is 25.4 Å². The van der Waals surface area contributed by atoms with Crippen molar-refractivity contribution in [1.82, 2.24) is 5.32 Å². The van der Waals surface area contributed by atoms with Crippen LogP contribution in [-0.4, -0.2) is 69.0 Å². The van der Waals surface area contributed by atoms with E-state index in [0.717, 1.165) is 25.7 Å². The molecule has 3 saturated carbocycles. The van der Waals surface area contributed by atoms with Gasteiger partial charge in [-0.15, -0.1) is 0 Å². The van der Waals surface area contributed by atoms with Gasteiger partial charge in [0.15, 0.2) is 12.4 Å². The summed E-state index contributed by atoms with van der Waals surface area (Å²) < 4.78 is 5.10. The highest BCUT2D eigenvalue weighted by Gasteiger charge is 2.66. The molecule has 0 heterocycles. The van der Waals surface area contributed by atoms with Gasteiger partial charge >= 0.3 is 17.9 Å². The van der Waals surface area contributed by atoms with Crippen molar-refractivity contribution in [3.05, 3.63) is 11.6 Å². The van der Waals surface area contributed by atoms with Crippen LogP contribution in [0, 0.1) is 28.6 Å². The fraction of sp³-hybridized carbons (Fsp3) is 0.724. The number of fused-ring (bicyclic) bond motifs is 5. The molecule has 0 aromatic rings. The van der Waals surface area contributed by atoms with Gasteiger partial charge in [0, 0.05) is 18.3 Å². The Morgan fingerprint density at radius 1 is 1.00 bits per heavy atom. The smallest absolute Gasteiger partial charge is 0.326 e. The van der Waals surface area contributed by atoms with Gasteiger partial charge in [0.05, 0.1) is 12.8 Å². The predicted octanol–water partition coefficient (Wildman–Crippen LogP) is 2.19. The van der Waals surface area contributed by atoms with Crippen LogP contribution in [0.3, 0.4) is 0 Å². The molecule has 220 valence electrons. The van der Waals surface area contributed by atoms with Crippen LogP contribution < -0.4 is 5.32 Å². The van der Waals surface area contributed by atoms with Crippen molar-refractivity contribution < 1.29 is 48.8 Å². The van der Waals surface area contributed by atoms with E-state index in [1.807, 2.05) is 18.3 Å². The summed E-state index contributed by atoms with van der Waals surface area (Å²) in [6, 6.07) is -1.63. The number of esters is 1. The molecule has 4 aliphatic rings. The van der Waals surface area contributed by atoms with Crippen LogP contribution in [0.1, 0.15) is 84.5 Å². The first-order chi connectivity index (χ1) is 18.7. The number of nitrogens with one attached hydrogen (secondary N) is 1. The van der Waals surface area contributed by atoms with Gasteiger partial charge in [-0.2, -0.15) is 0 Å². The highest BCUT2D eigenvalue weighted by Crippen LogP contribution is 2.67. The van der Waals surface area contributed by atoms with Crippen LogP contribution in [-0.2, 0) is 33.5 Å². The summed E-state index contributed by atoms with van der Waals surface area (Å²) in [7, 11) is 0. The molecule has 4 aliphatic carbocycles. The number of ketones is 2. The lowest BCUT2D eigenvalue weighted by molar-refractivity contribution is -0.170. The van der Waals surface area contributed by atoms with Crippen LogP contribution in [0.15, 0.2) is 11.6 Å². The van der Waals surface area contributed by atoms with E-state index in [4.69, 9.17) is 14.9 Å². The van der Waals surface area contributed by atoms with Crippen molar-refractivity contribution in [3.63, 3.8) is 0 Å². The van der Waals surface area contributed by atoms with Crippen LogP contribution >= 0.6 is 0 Å². The molecule has 0 spiro atoms. The Balaban J connectivity index is 1.33. The zero-order valence-corrected chi connectivity index (χ0v) is 23.1. The number of rotatable bonds is 10. The second-order valence-electron chi connectivity index (χ2n) is 12.5. The Kier molecular flexibility index (Phi) is 8.27. The SMILES string of the molecule is C[C@]12CC[C@@H]3[C@H](CCC4=CC(=O)CC[C@]43C)[C@@H]1CC[C@@]2(O)C(=O)COC(=O)CCC(=O)N[C@H](CC(=O)O)C(=O)O. The molecule has 4 rings (SSSR count). The van der Waals surface area contributed by atoms with E-state index < -0.39 is 72.5 Å². The molecule has 0 aromatic carbocycles. The minimum absolute atomic E-state index is 0.0250. The van der Waals surface area contributed by atoms with E-state index in [9.17, 15) is 33.9 Å². The van der Waals surface area contributed by atoms with Gasteiger partial charge in [-0.3, -0.25) is 24.0 Å². The topological polar surface area (TPSA) is 184 Å². The predicted molar refractivity (Wildman–Crippen MR) is 139 cm³/mol. The number of aliphatic hydroxyl groups is 1. The summed E-state index contributed by atoms with van der Waals surface area (Å²) >= 11 is 0. The Hall–Kier alpha value is -3.08. The molecular weight excluding hydrogens is 522 g/mol. The van der Waals surface area contributed by atoms with Crippen LogP contribution in [0.5, 0.6) is 0 Å². The molecule has 40 heavy (non-hydrogen) atoms. The first kappa shape index (κ1) is 29.9. The van der Waals surface area contributed by atoms with E-state index in [2.05, 4.69) is 6.92 Å². The summed E-state index contributed by atoms with van der Waals surface area (Å²) in [6.45, 7) is 3.61. The molecule has 0 bridgehead atoms. The molecule has 3 fully saturated rings. The molecule has 1 amide bonds. The van der Waals surface area contributed by atoms with Crippen molar-refractivity contribution in [3.8, 4) is 0 Å². The average Bonchev–Trinajstić information content (AvgIpc) is 3.17. The van der Waals surface area contributed by atoms with Crippen LogP contribution in [0.2, 0.25) is 0 Å². The van der Waals surface area contributed by atoms with Gasteiger partial charge in [0.2, 0.25) is 11.7 Å². The van der Waals surface area contributed by atoms with Gasteiger partial charge in [0.1, 0.15) is 11.6 Å². The standard InChI is InChI=1S/C29H39NO10/c1-27-10-7-17(31)13-16(27)3-4-18-19(27)8-11-28(2)20(18)9-12-29(28,39)22(32)15-40-25(36)6-5-23(33)30-21(26(37)38)14-24(34)35/h13,18-21,39H,3-12,14-15H2,1-2H3,(H,30,33)(H,34,35)(H,37,38)/t18-,19+,20-,21+,27+,28-,29+/m0/s1. The van der Waals surface area contributed by atoms with Gasteiger partial charge in [-0.1, -0.05) is 19.4 Å². The molecule has 0 aromatic heterocycles. The summed E-state index contributed by atoms with van der Waals surface area (Å²) in [5.41, 5.74) is -1.07. The molecule has 7 atom stereocenters. The summed E-state index contributed by atoms with van der Waals surface area (Å²) in [5, 5.41) is 31.5. The quantitative estimate of drug-likeness (QED) is 0.288. The minimum atomic E-state index is -1.63. The Labute approximate surface area is 232 Å². The van der Waals surface area contributed by atoms with E-state index in [0.29, 0.717) is 31.1 Å². The highest BCUT2D eigenvalue weighted by molar-refractivity contribution is 5.92. The molecule has 0 saturated heterocycles. The van der Waals surface area contributed by atoms with Gasteiger partial charge in [-0.05, 0) is 74.2 Å². The summed E-state index contributed by atoms with van der Waals surface area (Å²) in [5.74, 6) is -4.08. The fourth-order valence-electron chi connectivity index (χ4n) is 8.23. The number of allylic oxidation sites excluding steroid dienone is 1. The molecule has 11 nitrogen and oxygen atoms in total. The van der Waals surface area contributed by atoms with Crippen molar-refractivity contribution in [1.29, 1.82) is 0 Å². The number of carbonyl (C=O) groups is 6. The maximum atomic E-state index is 13.3. The molecular formula is C29H39NO10. The Bertz CT molecular complexity index is 1150. The first-order valence-corrected chi connectivity index (χ1v) is 14.1. The number of hydrogen-bond acceptors (Lipinski definition) is 8. The number of amides is 1. The highest BCUT2D eigenvalue weighted by atomic mass is 16.5. The average molecular weight is 562 g/mol. The lowest BCUT2D eigenvalue weighted by atomic mass is 9.46. The van der Waals surface area contributed by atoms with E-state index in [-0.39, 0.29) is 23.5 Å². The third kappa shape index (κ3) is 5.32. The maximum absolute atomic E-state index is 13.3. The number of aliphatic carboxylic acids is 2. The normalized spacial score (nSPS) is 35.3. The zero-order chi connectivity index (χ0) is 29.5. The zero-order valence-electron chi connectivity index (χ0n) is 23.1. The number of carboxylic acid groups (broad SMARTS) is 2. The fourth-order valence-corrected chi connectivity index (χ4v) is 8.23. The number of carbonyl (C=O) groups excluding carboxylic acids is 4. The van der Waals surface area contributed by atoms with E-state index in [1.54, 1.807) is 0 Å². The third-order valence-electron chi connectivity index (χ3n) is 10.5. The van der Waals surface area contributed by atoms with Crippen molar-refractivity contribution in [2.24, 2.45) is 28.6 Å². The van der Waals surface area contributed by atoms with E-state index in [1.165, 1.54) is 5.57 Å². The monoisotopic (exact) mass is 561 g/mol. The van der Waals surface area contributed by atoms with E-state index >= 15 is 0 Å². The van der Waals surface area contributed by atoms with Crippen molar-refractivity contribution in [2.45, 2.75) is 96.1 Å². The summed E-state index contributed by atoms with van der Waals surface area (Å²) in [6.07, 6.45) is 5.85. The third-order valence-corrected chi connectivity index (χ3v) is 10.5. The number of Topliss-reactive ketones (excluding diaryl/α,β-unsaturated/α-hetero) is 1. The summed E-state index contributed by atoms with van der Waals surface area (Å²) in [4.78, 5) is 71.4. The number of carboxylic acids is 2. The molecule has 4 N–H and O–H groups in total. The van der Waals surface area contributed by atoms with Gasteiger partial charge in [0.25, 0.3) is 0 Å². The largest absolute Gasteiger partial charge is 0.481 e. The number of ether oxygens (including phenoxy) is 1. The Morgan fingerprint density at radius 2 is 1.70 bits per heavy atom. The van der Waals surface area contributed by atoms with Crippen molar-refractivity contribution in [2.75, 3.05) is 6.61 Å². The van der Waals surface area contributed by atoms with Crippen LogP contribution in [0.4, 0.5) is 0 Å². The molecule has 0 aliphatic heterocycles. The molecule has 11 heteroatoms. The second kappa shape index (κ2) is 11.1. The molecule has 0 radical (unpaired) electrons. The maximum Gasteiger partial charge on any atom is 0.326 e. The molecule has 0 unspecified atom stereocenters. The lowest BCUT2D eigenvalue weighted by Gasteiger charge is -2.58. The Morgan fingerprint density at radius 3 is 2.38 bits per heavy atom. The van der Waals surface area contributed by atoms with Gasteiger partial charge in [-0.25, -0.2) is 4.79 Å². The van der Waals surface area contributed by atoms with Crippen molar-refractivity contribution >= 4 is 35.4 Å². The van der Waals surface area contributed by atoms with Crippen LogP contribution in [0.25, 0.3) is 0 Å².